The number of hydrogen-bond acceptors (Lipinski definition) is 3. The Morgan fingerprint density at radius 3 is 2.76 bits per heavy atom. The molecule has 2 aromatic rings. The second kappa shape index (κ2) is 7.01. The molecule has 2 rings (SSSR count). The Kier molecular flexibility index (Phi) is 5.98. The van der Waals surface area contributed by atoms with Crippen LogP contribution in [0, 0.1) is 0 Å². The Morgan fingerprint density at radius 1 is 1.24 bits per heavy atom. The molecule has 0 aliphatic carbocycles. The van der Waals surface area contributed by atoms with E-state index in [0.29, 0.717) is 12.3 Å². The first-order valence-electron chi connectivity index (χ1n) is 4.96. The summed E-state index contributed by atoms with van der Waals surface area (Å²) in [6, 6.07) is 9.60. The van der Waals surface area contributed by atoms with Gasteiger partial charge < -0.3 is 10.4 Å². The molecule has 0 spiro atoms. The summed E-state index contributed by atoms with van der Waals surface area (Å²) < 4.78 is 0.984. The van der Waals surface area contributed by atoms with Crippen molar-refractivity contribution in [1.82, 2.24) is 5.32 Å². The molecule has 0 bridgehead atoms. The van der Waals surface area contributed by atoms with Crippen molar-refractivity contribution in [2.24, 2.45) is 0 Å². The van der Waals surface area contributed by atoms with Gasteiger partial charge in [0.15, 0.2) is 0 Å². The fourth-order valence-electron chi connectivity index (χ4n) is 1.43. The summed E-state index contributed by atoms with van der Waals surface area (Å²) in [5.74, 6) is 0.335. The molecule has 0 fully saturated rings. The van der Waals surface area contributed by atoms with Gasteiger partial charge in [-0.2, -0.15) is 0 Å². The average molecular weight is 335 g/mol. The third-order valence-electron chi connectivity index (χ3n) is 2.24. The molecular weight excluding hydrogens is 322 g/mol. The minimum atomic E-state index is 0. The van der Waals surface area contributed by atoms with E-state index < -0.39 is 0 Å². The van der Waals surface area contributed by atoms with Crippen LogP contribution in [-0.4, -0.2) is 5.11 Å². The highest BCUT2D eigenvalue weighted by atomic mass is 79.9. The molecule has 2 nitrogen and oxygen atoms in total. The number of hydrogen-bond donors (Lipinski definition) is 2. The molecule has 5 heteroatoms. The summed E-state index contributed by atoms with van der Waals surface area (Å²) in [7, 11) is 0. The first kappa shape index (κ1) is 14.5. The molecule has 0 saturated carbocycles. The number of thiophene rings is 1. The molecule has 92 valence electrons. The Hall–Kier alpha value is -0.550. The number of benzene rings is 1. The molecular formula is C12H13BrClNOS. The lowest BCUT2D eigenvalue weighted by Gasteiger charge is -2.06. The Balaban J connectivity index is 0.00000144. The summed E-state index contributed by atoms with van der Waals surface area (Å²) in [5, 5.41) is 15.0. The van der Waals surface area contributed by atoms with Gasteiger partial charge in [-0.25, -0.2) is 0 Å². The standard InChI is InChI=1S/C12H12BrNOS.ClH/c13-10-3-4-12(15)9(6-10)7-14-8-11-2-1-5-16-11;/h1-6,14-15H,7-8H2;1H. The largest absolute Gasteiger partial charge is 0.508 e. The van der Waals surface area contributed by atoms with E-state index in [2.05, 4.69) is 32.7 Å². The van der Waals surface area contributed by atoms with Gasteiger partial charge in [0, 0.05) is 28.0 Å². The van der Waals surface area contributed by atoms with Crippen molar-refractivity contribution in [3.8, 4) is 5.75 Å². The number of halogens is 2. The lowest BCUT2D eigenvalue weighted by molar-refractivity contribution is 0.464. The zero-order valence-electron chi connectivity index (χ0n) is 9.02. The quantitative estimate of drug-likeness (QED) is 0.888. The van der Waals surface area contributed by atoms with Crippen molar-refractivity contribution < 1.29 is 5.11 Å². The van der Waals surface area contributed by atoms with E-state index in [9.17, 15) is 5.11 Å². The van der Waals surface area contributed by atoms with Crippen LogP contribution in [0.1, 0.15) is 10.4 Å². The maximum Gasteiger partial charge on any atom is 0.120 e. The van der Waals surface area contributed by atoms with Gasteiger partial charge >= 0.3 is 0 Å². The van der Waals surface area contributed by atoms with E-state index in [-0.39, 0.29) is 12.4 Å². The summed E-state index contributed by atoms with van der Waals surface area (Å²) in [4.78, 5) is 1.30. The number of nitrogens with one attached hydrogen (secondary N) is 1. The topological polar surface area (TPSA) is 32.3 Å². The predicted molar refractivity (Wildman–Crippen MR) is 77.9 cm³/mol. The fourth-order valence-corrected chi connectivity index (χ4v) is 2.51. The summed E-state index contributed by atoms with van der Waals surface area (Å²) in [6.07, 6.45) is 0. The van der Waals surface area contributed by atoms with Crippen LogP contribution in [0.2, 0.25) is 0 Å². The van der Waals surface area contributed by atoms with E-state index in [1.165, 1.54) is 4.88 Å². The molecule has 1 heterocycles. The highest BCUT2D eigenvalue weighted by Gasteiger charge is 2.01. The second-order valence-electron chi connectivity index (χ2n) is 3.46. The van der Waals surface area contributed by atoms with Crippen molar-refractivity contribution in [1.29, 1.82) is 0 Å². The Bertz CT molecular complexity index is 462. The molecule has 1 aromatic carbocycles. The number of rotatable bonds is 4. The summed E-state index contributed by atoms with van der Waals surface area (Å²) in [6.45, 7) is 1.51. The van der Waals surface area contributed by atoms with Crippen molar-refractivity contribution >= 4 is 39.7 Å². The van der Waals surface area contributed by atoms with E-state index in [1.807, 2.05) is 18.2 Å². The van der Waals surface area contributed by atoms with Crippen LogP contribution in [-0.2, 0) is 13.1 Å². The van der Waals surface area contributed by atoms with Gasteiger partial charge in [0.1, 0.15) is 5.75 Å². The molecule has 17 heavy (non-hydrogen) atoms. The van der Waals surface area contributed by atoms with Crippen LogP contribution in [0.3, 0.4) is 0 Å². The molecule has 1 aromatic heterocycles. The second-order valence-corrected chi connectivity index (χ2v) is 5.40. The third-order valence-corrected chi connectivity index (χ3v) is 3.61. The van der Waals surface area contributed by atoms with Gasteiger partial charge in [0.05, 0.1) is 0 Å². The number of phenols is 1. The normalized spacial score (nSPS) is 9.94. The Morgan fingerprint density at radius 2 is 2.06 bits per heavy atom. The first-order valence-corrected chi connectivity index (χ1v) is 6.63. The van der Waals surface area contributed by atoms with Crippen molar-refractivity contribution in [3.05, 3.63) is 50.6 Å². The average Bonchev–Trinajstić information content (AvgIpc) is 2.76. The van der Waals surface area contributed by atoms with Gasteiger partial charge in [-0.1, -0.05) is 22.0 Å². The zero-order chi connectivity index (χ0) is 11.4. The van der Waals surface area contributed by atoms with Crippen LogP contribution in [0.4, 0.5) is 0 Å². The molecule has 0 saturated heterocycles. The predicted octanol–water partition coefficient (Wildman–Crippen LogP) is 3.93. The maximum atomic E-state index is 9.63. The van der Waals surface area contributed by atoms with E-state index in [4.69, 9.17) is 0 Å². The molecule has 0 amide bonds. The fraction of sp³-hybridized carbons (Fsp3) is 0.167. The van der Waals surface area contributed by atoms with Gasteiger partial charge in [-0.05, 0) is 29.6 Å². The smallest absolute Gasteiger partial charge is 0.120 e. The van der Waals surface area contributed by atoms with Gasteiger partial charge in [0.2, 0.25) is 0 Å². The van der Waals surface area contributed by atoms with E-state index in [0.717, 1.165) is 16.6 Å². The van der Waals surface area contributed by atoms with Gasteiger partial charge in [-0.3, -0.25) is 0 Å². The minimum absolute atomic E-state index is 0. The summed E-state index contributed by atoms with van der Waals surface area (Å²) >= 11 is 5.12. The third kappa shape index (κ3) is 4.32. The molecule has 0 radical (unpaired) electrons. The molecule has 0 unspecified atom stereocenters. The molecule has 0 aliphatic rings. The van der Waals surface area contributed by atoms with Crippen molar-refractivity contribution in [2.45, 2.75) is 13.1 Å². The molecule has 0 atom stereocenters. The van der Waals surface area contributed by atoms with Crippen LogP contribution in [0.15, 0.2) is 40.2 Å². The summed E-state index contributed by atoms with van der Waals surface area (Å²) in [5.41, 5.74) is 0.908. The number of aromatic hydroxyl groups is 1. The van der Waals surface area contributed by atoms with Crippen LogP contribution in [0.5, 0.6) is 5.75 Å². The highest BCUT2D eigenvalue weighted by Crippen LogP contribution is 2.21. The van der Waals surface area contributed by atoms with Crippen molar-refractivity contribution in [2.75, 3.05) is 0 Å². The molecule has 0 aliphatic heterocycles. The Labute approximate surface area is 119 Å². The molecule has 2 N–H and O–H groups in total. The first-order chi connectivity index (χ1) is 7.75. The minimum Gasteiger partial charge on any atom is -0.508 e. The zero-order valence-corrected chi connectivity index (χ0v) is 12.2. The number of phenolic OH excluding ortho intramolecular Hbond substituents is 1. The SMILES string of the molecule is Cl.Oc1ccc(Br)cc1CNCc1cccs1. The van der Waals surface area contributed by atoms with E-state index >= 15 is 0 Å². The van der Waals surface area contributed by atoms with Crippen molar-refractivity contribution in [3.63, 3.8) is 0 Å². The van der Waals surface area contributed by atoms with Gasteiger partial charge in [0.25, 0.3) is 0 Å². The van der Waals surface area contributed by atoms with Crippen LogP contribution >= 0.6 is 39.7 Å². The lowest BCUT2D eigenvalue weighted by Crippen LogP contribution is -2.11. The monoisotopic (exact) mass is 333 g/mol. The lowest BCUT2D eigenvalue weighted by atomic mass is 10.2. The van der Waals surface area contributed by atoms with E-state index in [1.54, 1.807) is 17.4 Å². The highest BCUT2D eigenvalue weighted by molar-refractivity contribution is 9.10. The van der Waals surface area contributed by atoms with Crippen LogP contribution in [0.25, 0.3) is 0 Å². The van der Waals surface area contributed by atoms with Crippen LogP contribution < -0.4 is 5.32 Å². The van der Waals surface area contributed by atoms with Gasteiger partial charge in [-0.15, -0.1) is 23.7 Å². The maximum absolute atomic E-state index is 9.63.